The fourth-order valence-electron chi connectivity index (χ4n) is 11.7. The fourth-order valence-corrected chi connectivity index (χ4v) is 13.1. The van der Waals surface area contributed by atoms with E-state index in [4.69, 9.17) is 113 Å². The van der Waals surface area contributed by atoms with Gasteiger partial charge in [-0.3, -0.25) is 24.4 Å². The third-order valence-corrected chi connectivity index (χ3v) is 17.8. The Bertz CT molecular complexity index is 4250. The smallest absolute Gasteiger partial charge is 0.408 e. The van der Waals surface area contributed by atoms with Crippen molar-refractivity contribution < 1.29 is 38.8 Å². The van der Waals surface area contributed by atoms with Gasteiger partial charge in [-0.2, -0.15) is 0 Å². The van der Waals surface area contributed by atoms with Gasteiger partial charge in [0.25, 0.3) is 0 Å². The topological polar surface area (TPSA) is 273 Å². The standard InChI is InChI=1S/C41H43Cl4N7O5.C36H35Cl4N7O3/c1-41(2,3)57-40(55)50-33(39(54)56-4)19-26-17-27(20-51(22-29-9-5-13-34(42)46-29)23-30-10-6-14-35(43)47-30)38(53)28(18-26)21-52(24-31-11-7-15-36(44)48-31)25-32-12-8-16-37(45)49-32;1-50-36(49)30(41)16-23-14-24(17-46(19-26-6-2-10-31(37)42-26)20-27-7-3-11-32(38)43-27)35(48)25(15-23)18-47(21-28-8-4-12-33(39)44-28)22-29-9-5-13-34(40)45-29/h5-18,33,53H,19-25H2,1-4H3,(H,50,55);2-15,30,48H,16-22,41H2,1H3. The van der Waals surface area contributed by atoms with Crippen LogP contribution in [0.4, 0.5) is 4.79 Å². The first kappa shape index (κ1) is 82.6. The number of methoxy groups -OCH3 is 2. The van der Waals surface area contributed by atoms with E-state index in [9.17, 15) is 24.6 Å². The largest absolute Gasteiger partial charge is 0.507 e. The maximum Gasteiger partial charge on any atom is 0.408 e. The molecule has 0 aliphatic heterocycles. The minimum absolute atomic E-state index is 0.0175. The van der Waals surface area contributed by atoms with E-state index in [1.807, 2.05) is 119 Å². The van der Waals surface area contributed by atoms with Crippen molar-refractivity contribution in [3.63, 3.8) is 0 Å². The van der Waals surface area contributed by atoms with Crippen LogP contribution in [0, 0.1) is 0 Å². The number of halogens is 8. The highest BCUT2D eigenvalue weighted by Gasteiger charge is 2.29. The number of hydrogen-bond donors (Lipinski definition) is 4. The lowest BCUT2D eigenvalue weighted by molar-refractivity contribution is -0.143. The molecular formula is C77H78Cl8N14O8. The highest BCUT2D eigenvalue weighted by molar-refractivity contribution is 6.31. The molecule has 0 saturated carbocycles. The second kappa shape index (κ2) is 40.1. The molecule has 2 unspecified atom stereocenters. The molecule has 0 aliphatic carbocycles. The third-order valence-electron chi connectivity index (χ3n) is 16.1. The van der Waals surface area contributed by atoms with E-state index in [0.717, 1.165) is 28.3 Å². The van der Waals surface area contributed by atoms with Gasteiger partial charge in [0.2, 0.25) is 0 Å². The van der Waals surface area contributed by atoms with Crippen LogP contribution >= 0.6 is 92.8 Å². The molecular weight excluding hydrogens is 1530 g/mol. The zero-order valence-electron chi connectivity index (χ0n) is 59.0. The van der Waals surface area contributed by atoms with Crippen LogP contribution in [-0.2, 0) is 115 Å². The predicted molar refractivity (Wildman–Crippen MR) is 415 cm³/mol. The van der Waals surface area contributed by atoms with Crippen LogP contribution in [0.3, 0.4) is 0 Å². The molecule has 10 aromatic rings. The maximum absolute atomic E-state index is 13.1. The first-order valence-electron chi connectivity index (χ1n) is 33.6. The summed E-state index contributed by atoms with van der Waals surface area (Å²) in [5.41, 5.74) is 14.8. The zero-order valence-corrected chi connectivity index (χ0v) is 65.1. The summed E-state index contributed by atoms with van der Waals surface area (Å²) in [4.78, 5) is 82.5. The van der Waals surface area contributed by atoms with Crippen LogP contribution < -0.4 is 11.1 Å². The maximum atomic E-state index is 13.1. The summed E-state index contributed by atoms with van der Waals surface area (Å²) in [6.45, 7) is 9.10. The van der Waals surface area contributed by atoms with Gasteiger partial charge in [-0.05, 0) is 135 Å². The number of aromatic nitrogens is 8. The van der Waals surface area contributed by atoms with Gasteiger partial charge in [0.15, 0.2) is 0 Å². The predicted octanol–water partition coefficient (Wildman–Crippen LogP) is 15.6. The number of phenolic OH excluding ortho intramolecular Hbond substituents is 2. The van der Waals surface area contributed by atoms with Crippen LogP contribution in [0.2, 0.25) is 41.2 Å². The molecule has 8 heterocycles. The van der Waals surface area contributed by atoms with E-state index in [1.54, 1.807) is 81.4 Å². The number of nitrogens with two attached hydrogens (primary N) is 1. The Labute approximate surface area is 661 Å². The highest BCUT2D eigenvalue weighted by atomic mass is 35.5. The molecule has 2 aromatic carbocycles. The number of benzene rings is 2. The molecule has 0 radical (unpaired) electrons. The lowest BCUT2D eigenvalue weighted by Crippen LogP contribution is -2.45. The van der Waals surface area contributed by atoms with E-state index in [1.165, 1.54) is 14.2 Å². The number of hydrogen-bond acceptors (Lipinski definition) is 21. The number of esters is 2. The molecule has 0 spiro atoms. The summed E-state index contributed by atoms with van der Waals surface area (Å²) in [6, 6.07) is 48.5. The van der Waals surface area contributed by atoms with Gasteiger partial charge < -0.3 is 35.5 Å². The summed E-state index contributed by atoms with van der Waals surface area (Å²) in [7, 11) is 2.55. The van der Waals surface area contributed by atoms with E-state index >= 15 is 0 Å². The Balaban J connectivity index is 0.000000249. The molecule has 5 N–H and O–H groups in total. The van der Waals surface area contributed by atoms with Crippen molar-refractivity contribution in [3.8, 4) is 11.5 Å². The monoisotopic (exact) mass is 1610 g/mol. The summed E-state index contributed by atoms with van der Waals surface area (Å²) in [5.74, 6) is -1.09. The summed E-state index contributed by atoms with van der Waals surface area (Å²) in [6.07, 6.45) is -0.575. The summed E-state index contributed by atoms with van der Waals surface area (Å²) < 4.78 is 15.4. The molecule has 22 nitrogen and oxygen atoms in total. The Morgan fingerprint density at radius 2 is 0.607 bits per heavy atom. The summed E-state index contributed by atoms with van der Waals surface area (Å²) >= 11 is 50.0. The molecule has 10 rings (SSSR count). The van der Waals surface area contributed by atoms with Gasteiger partial charge in [-0.1, -0.05) is 166 Å². The van der Waals surface area contributed by atoms with Gasteiger partial charge >= 0.3 is 18.0 Å². The van der Waals surface area contributed by atoms with Crippen molar-refractivity contribution in [2.75, 3.05) is 14.2 Å². The molecule has 8 aromatic heterocycles. The van der Waals surface area contributed by atoms with Gasteiger partial charge in [-0.25, -0.2) is 49.5 Å². The number of nitrogens with one attached hydrogen (secondary N) is 1. The molecule has 107 heavy (non-hydrogen) atoms. The van der Waals surface area contributed by atoms with Crippen LogP contribution in [0.25, 0.3) is 0 Å². The first-order valence-corrected chi connectivity index (χ1v) is 36.6. The number of aromatic hydroxyl groups is 2. The Morgan fingerprint density at radius 3 is 0.813 bits per heavy atom. The van der Waals surface area contributed by atoms with Crippen molar-refractivity contribution in [1.29, 1.82) is 0 Å². The van der Waals surface area contributed by atoms with Crippen molar-refractivity contribution in [3.05, 3.63) is 290 Å². The van der Waals surface area contributed by atoms with E-state index < -0.39 is 35.7 Å². The number of carbonyl (C=O) groups is 3. The molecule has 30 heteroatoms. The van der Waals surface area contributed by atoms with E-state index in [-0.39, 0.29) is 50.5 Å². The Morgan fingerprint density at radius 1 is 0.383 bits per heavy atom. The number of amides is 1. The molecule has 0 saturated heterocycles. The normalized spacial score (nSPS) is 12.1. The minimum atomic E-state index is -1.11. The average Bonchev–Trinajstić information content (AvgIpc) is 0.812. The van der Waals surface area contributed by atoms with Crippen LogP contribution in [0.1, 0.15) is 99.7 Å². The van der Waals surface area contributed by atoms with Gasteiger partial charge in [-0.15, -0.1) is 0 Å². The Kier molecular flexibility index (Phi) is 31.0. The molecule has 0 aliphatic rings. The number of nitrogens with zero attached hydrogens (tertiary/aromatic N) is 12. The van der Waals surface area contributed by atoms with Crippen molar-refractivity contribution in [2.45, 2.75) is 130 Å². The molecule has 560 valence electrons. The third kappa shape index (κ3) is 27.3. The summed E-state index contributed by atoms with van der Waals surface area (Å²) in [5, 5.41) is 29.6. The second-order valence-electron chi connectivity index (χ2n) is 26.0. The quantitative estimate of drug-likeness (QED) is 0.0179. The number of pyridine rings is 8. The number of rotatable bonds is 31. The fraction of sp³-hybridized carbons (Fsp3) is 0.286. The van der Waals surface area contributed by atoms with Crippen molar-refractivity contribution >= 4 is 111 Å². The number of ether oxygens (including phenoxy) is 3. The van der Waals surface area contributed by atoms with E-state index in [2.05, 4.69) is 55.0 Å². The molecule has 1 amide bonds. The van der Waals surface area contributed by atoms with Crippen LogP contribution in [0.15, 0.2) is 170 Å². The van der Waals surface area contributed by atoms with Gasteiger partial charge in [0.05, 0.1) is 59.8 Å². The lowest BCUT2D eigenvalue weighted by Gasteiger charge is -2.26. The first-order chi connectivity index (χ1) is 51.2. The SMILES string of the molecule is COC(=O)C(Cc1cc(CN(Cc2cccc(Cl)n2)Cc2cccc(Cl)n2)c(O)c(CN(Cc2cccc(Cl)n2)Cc2cccc(Cl)n2)c1)NC(=O)OC(C)(C)C.COC(=O)C(N)Cc1cc(CN(Cc2cccc(Cl)n2)Cc2cccc(Cl)n2)c(O)c(CN(Cc2cccc(Cl)n2)Cc2cccc(Cl)n2)c1. The van der Waals surface area contributed by atoms with Crippen molar-refractivity contribution in [1.82, 2.24) is 64.8 Å². The van der Waals surface area contributed by atoms with Crippen molar-refractivity contribution in [2.24, 2.45) is 5.73 Å². The number of carbonyl (C=O) groups excluding carboxylic acids is 3. The average molecular weight is 1610 g/mol. The molecule has 0 fully saturated rings. The minimum Gasteiger partial charge on any atom is -0.507 e. The lowest BCUT2D eigenvalue weighted by atomic mass is 9.97. The molecule has 0 bridgehead atoms. The highest BCUT2D eigenvalue weighted by Crippen LogP contribution is 2.33. The number of phenols is 2. The van der Waals surface area contributed by atoms with Crippen LogP contribution in [-0.4, -0.2) is 120 Å². The number of alkyl carbamates (subject to hydrolysis) is 1. The Hall–Kier alpha value is -8.43. The van der Waals surface area contributed by atoms with Crippen LogP contribution in [0.5, 0.6) is 11.5 Å². The van der Waals surface area contributed by atoms with Gasteiger partial charge in [0.1, 0.15) is 70.4 Å². The second-order valence-corrected chi connectivity index (χ2v) is 29.1. The van der Waals surface area contributed by atoms with Gasteiger partial charge in [0, 0.05) is 107 Å². The molecule has 2 atom stereocenters. The van der Waals surface area contributed by atoms with E-state index in [0.29, 0.717) is 144 Å². The zero-order chi connectivity index (χ0) is 76.7.